The molecule has 0 amide bonds. The van der Waals surface area contributed by atoms with Crippen molar-refractivity contribution < 1.29 is 9.18 Å². The fraction of sp³-hybridized carbons (Fsp3) is 0.278. The van der Waals surface area contributed by atoms with Crippen LogP contribution in [-0.4, -0.2) is 17.2 Å². The molecule has 0 saturated heterocycles. The molecule has 3 rings (SSSR count). The minimum Gasteiger partial charge on any atom is -0.295 e. The number of hydrogen-bond acceptors (Lipinski definition) is 2. The van der Waals surface area contributed by atoms with E-state index in [1.807, 2.05) is 0 Å². The molecule has 0 unspecified atom stereocenters. The first kappa shape index (κ1) is 16.7. The maximum absolute atomic E-state index is 12.8. The Morgan fingerprint density at radius 2 is 1.59 bits per heavy atom. The number of carbonyl (C=O) groups excluding carboxylic acids is 1. The molecule has 0 fully saturated rings. The molecule has 2 nitrogen and oxygen atoms in total. The molecule has 0 N–H and O–H groups in total. The summed E-state index contributed by atoms with van der Waals surface area (Å²) in [6, 6.07) is 14.3. The molecule has 0 radical (unpaired) electrons. The summed E-state index contributed by atoms with van der Waals surface area (Å²) in [5.41, 5.74) is 3.38. The number of hydrogen-bond donors (Lipinski definition) is 0. The van der Waals surface area contributed by atoms with Gasteiger partial charge in [0.2, 0.25) is 0 Å². The summed E-state index contributed by atoms with van der Waals surface area (Å²) in [5.74, 6) is -0.215. The van der Waals surface area contributed by atoms with Crippen LogP contribution >= 0.6 is 12.4 Å². The molecule has 0 aromatic heterocycles. The molecule has 1 heterocycles. The van der Waals surface area contributed by atoms with Gasteiger partial charge in [0.25, 0.3) is 0 Å². The van der Waals surface area contributed by atoms with Gasteiger partial charge in [0.05, 0.1) is 0 Å². The third-order valence-electron chi connectivity index (χ3n) is 3.95. The van der Waals surface area contributed by atoms with E-state index in [1.165, 1.54) is 23.3 Å². The van der Waals surface area contributed by atoms with Crippen molar-refractivity contribution in [2.45, 2.75) is 25.9 Å². The largest absolute Gasteiger partial charge is 0.295 e. The summed E-state index contributed by atoms with van der Waals surface area (Å²) in [6.07, 6.45) is 1.35. The van der Waals surface area contributed by atoms with Crippen molar-refractivity contribution in [3.63, 3.8) is 0 Å². The number of benzene rings is 2. The van der Waals surface area contributed by atoms with E-state index in [2.05, 4.69) is 29.2 Å². The van der Waals surface area contributed by atoms with Gasteiger partial charge in [0, 0.05) is 25.1 Å². The summed E-state index contributed by atoms with van der Waals surface area (Å²) in [6.45, 7) is 2.86. The lowest BCUT2D eigenvalue weighted by atomic mass is 10.1. The molecule has 22 heavy (non-hydrogen) atoms. The predicted molar refractivity (Wildman–Crippen MR) is 87.8 cm³/mol. The van der Waals surface area contributed by atoms with Crippen LogP contribution < -0.4 is 0 Å². The Kier molecular flexibility index (Phi) is 5.69. The van der Waals surface area contributed by atoms with Crippen LogP contribution in [0.25, 0.3) is 0 Å². The molecule has 0 aliphatic carbocycles. The van der Waals surface area contributed by atoms with Crippen LogP contribution in [0.1, 0.15) is 34.3 Å². The lowest BCUT2D eigenvalue weighted by Gasteiger charge is -2.14. The number of fused-ring (bicyclic) bond motifs is 1. The first-order valence-corrected chi connectivity index (χ1v) is 7.30. The lowest BCUT2D eigenvalue weighted by molar-refractivity contribution is 0.0974. The van der Waals surface area contributed by atoms with Crippen molar-refractivity contribution in [3.8, 4) is 0 Å². The van der Waals surface area contributed by atoms with Crippen molar-refractivity contribution in [1.82, 2.24) is 4.90 Å². The maximum atomic E-state index is 12.8. The molecule has 0 spiro atoms. The average molecular weight is 320 g/mol. The topological polar surface area (TPSA) is 20.3 Å². The van der Waals surface area contributed by atoms with Gasteiger partial charge in [-0.3, -0.25) is 9.69 Å². The van der Waals surface area contributed by atoms with E-state index < -0.39 is 0 Å². The number of halogens is 2. The van der Waals surface area contributed by atoms with E-state index in [-0.39, 0.29) is 24.0 Å². The number of rotatable bonds is 5. The van der Waals surface area contributed by atoms with Crippen molar-refractivity contribution in [1.29, 1.82) is 0 Å². The van der Waals surface area contributed by atoms with Crippen molar-refractivity contribution in [3.05, 3.63) is 71.0 Å². The second-order valence-corrected chi connectivity index (χ2v) is 5.51. The Bertz CT molecular complexity index is 617. The fourth-order valence-electron chi connectivity index (χ4n) is 2.81. The maximum Gasteiger partial charge on any atom is 0.162 e. The SMILES string of the molecule is Cl.O=C(CCCN1Cc2ccccc2C1)c1ccc(F)cc1. The lowest BCUT2D eigenvalue weighted by Crippen LogP contribution is -2.18. The highest BCUT2D eigenvalue weighted by atomic mass is 35.5. The smallest absolute Gasteiger partial charge is 0.162 e. The van der Waals surface area contributed by atoms with Crippen LogP contribution in [0, 0.1) is 5.82 Å². The first-order valence-electron chi connectivity index (χ1n) is 7.30. The molecular weight excluding hydrogens is 301 g/mol. The fourth-order valence-corrected chi connectivity index (χ4v) is 2.81. The summed E-state index contributed by atoms with van der Waals surface area (Å²) < 4.78 is 12.8. The van der Waals surface area contributed by atoms with E-state index in [0.717, 1.165) is 26.1 Å². The van der Waals surface area contributed by atoms with Crippen LogP contribution in [-0.2, 0) is 13.1 Å². The standard InChI is InChI=1S/C18H18FNO.ClH/c19-17-9-7-14(8-10-17)18(21)6-3-11-20-12-15-4-1-2-5-16(15)13-20;/h1-2,4-5,7-10H,3,6,11-13H2;1H. The van der Waals surface area contributed by atoms with Crippen LogP contribution in [0.5, 0.6) is 0 Å². The number of nitrogens with zero attached hydrogens (tertiary/aromatic N) is 1. The zero-order valence-corrected chi connectivity index (χ0v) is 13.1. The third kappa shape index (κ3) is 3.93. The van der Waals surface area contributed by atoms with Crippen LogP contribution in [0.15, 0.2) is 48.5 Å². The van der Waals surface area contributed by atoms with E-state index >= 15 is 0 Å². The van der Waals surface area contributed by atoms with E-state index in [0.29, 0.717) is 12.0 Å². The molecule has 2 aromatic carbocycles. The summed E-state index contributed by atoms with van der Waals surface area (Å²) in [4.78, 5) is 14.4. The summed E-state index contributed by atoms with van der Waals surface area (Å²) in [5, 5.41) is 0. The number of carbonyl (C=O) groups is 1. The summed E-state index contributed by atoms with van der Waals surface area (Å²) in [7, 11) is 0. The Labute approximate surface area is 136 Å². The summed E-state index contributed by atoms with van der Waals surface area (Å²) >= 11 is 0. The Morgan fingerprint density at radius 3 is 2.18 bits per heavy atom. The molecule has 4 heteroatoms. The number of ketones is 1. The van der Waals surface area contributed by atoms with Gasteiger partial charge in [-0.2, -0.15) is 0 Å². The Hall–Kier alpha value is -1.71. The zero-order valence-electron chi connectivity index (χ0n) is 12.3. The minimum absolute atomic E-state index is 0. The molecule has 0 saturated carbocycles. The molecular formula is C18H19ClFNO. The Balaban J connectivity index is 0.00000176. The van der Waals surface area contributed by atoms with Gasteiger partial charge in [-0.05, 0) is 48.4 Å². The predicted octanol–water partition coefficient (Wildman–Crippen LogP) is 4.23. The van der Waals surface area contributed by atoms with Crippen LogP contribution in [0.4, 0.5) is 4.39 Å². The van der Waals surface area contributed by atoms with E-state index in [4.69, 9.17) is 0 Å². The van der Waals surface area contributed by atoms with Gasteiger partial charge in [0.1, 0.15) is 5.82 Å². The highest BCUT2D eigenvalue weighted by Gasteiger charge is 2.17. The molecule has 0 bridgehead atoms. The highest BCUT2D eigenvalue weighted by Crippen LogP contribution is 2.22. The van der Waals surface area contributed by atoms with Gasteiger partial charge in [-0.25, -0.2) is 4.39 Å². The highest BCUT2D eigenvalue weighted by molar-refractivity contribution is 5.95. The molecule has 1 aliphatic rings. The average Bonchev–Trinajstić information content (AvgIpc) is 2.90. The second kappa shape index (κ2) is 7.52. The van der Waals surface area contributed by atoms with Crippen molar-refractivity contribution in [2.75, 3.05) is 6.54 Å². The first-order chi connectivity index (χ1) is 10.2. The zero-order chi connectivity index (χ0) is 14.7. The van der Waals surface area contributed by atoms with Gasteiger partial charge in [-0.1, -0.05) is 24.3 Å². The van der Waals surface area contributed by atoms with Crippen molar-refractivity contribution in [2.24, 2.45) is 0 Å². The quantitative estimate of drug-likeness (QED) is 0.769. The normalized spacial score (nSPS) is 13.5. The third-order valence-corrected chi connectivity index (χ3v) is 3.95. The van der Waals surface area contributed by atoms with Crippen molar-refractivity contribution >= 4 is 18.2 Å². The Morgan fingerprint density at radius 1 is 1.00 bits per heavy atom. The molecule has 1 aliphatic heterocycles. The molecule has 2 aromatic rings. The molecule has 116 valence electrons. The van der Waals surface area contributed by atoms with Crippen LogP contribution in [0.2, 0.25) is 0 Å². The van der Waals surface area contributed by atoms with E-state index in [9.17, 15) is 9.18 Å². The second-order valence-electron chi connectivity index (χ2n) is 5.51. The van der Waals surface area contributed by atoms with Crippen LogP contribution in [0.3, 0.4) is 0 Å². The van der Waals surface area contributed by atoms with Gasteiger partial charge in [0.15, 0.2) is 5.78 Å². The number of Topliss-reactive ketones (excluding diaryl/α,β-unsaturated/α-hetero) is 1. The van der Waals surface area contributed by atoms with Gasteiger partial charge >= 0.3 is 0 Å². The monoisotopic (exact) mass is 319 g/mol. The van der Waals surface area contributed by atoms with Gasteiger partial charge in [-0.15, -0.1) is 12.4 Å². The minimum atomic E-state index is -0.304. The van der Waals surface area contributed by atoms with E-state index in [1.54, 1.807) is 12.1 Å². The van der Waals surface area contributed by atoms with Gasteiger partial charge < -0.3 is 0 Å². The molecule has 0 atom stereocenters.